The zero-order valence-corrected chi connectivity index (χ0v) is 10.9. The Balaban J connectivity index is 2.41. The Hall–Kier alpha value is -2.53. The number of halogens is 1. The van der Waals surface area contributed by atoms with E-state index in [1.54, 1.807) is 36.4 Å². The van der Waals surface area contributed by atoms with Gasteiger partial charge in [0.2, 0.25) is 0 Å². The highest BCUT2D eigenvalue weighted by Crippen LogP contribution is 2.18. The largest absolute Gasteiger partial charge is 0.506 e. The van der Waals surface area contributed by atoms with Crippen LogP contribution in [-0.4, -0.2) is 14.7 Å². The average molecular weight is 289 g/mol. The summed E-state index contributed by atoms with van der Waals surface area (Å²) in [5, 5.41) is 10.4. The third kappa shape index (κ3) is 1.88. The maximum Gasteiger partial charge on any atom is 0.333 e. The first kappa shape index (κ1) is 12.5. The van der Waals surface area contributed by atoms with E-state index < -0.39 is 11.2 Å². The van der Waals surface area contributed by atoms with Gasteiger partial charge in [-0.1, -0.05) is 17.7 Å². The van der Waals surface area contributed by atoms with Gasteiger partial charge >= 0.3 is 5.69 Å². The number of nitrogens with zero attached hydrogens (tertiary/aromatic N) is 1. The minimum atomic E-state index is -0.619. The van der Waals surface area contributed by atoms with Crippen LogP contribution in [0, 0.1) is 0 Å². The molecule has 3 aromatic rings. The highest BCUT2D eigenvalue weighted by atomic mass is 35.5. The lowest BCUT2D eigenvalue weighted by Crippen LogP contribution is -2.33. The van der Waals surface area contributed by atoms with Crippen LogP contribution in [0.2, 0.25) is 5.02 Å². The molecule has 6 heteroatoms. The van der Waals surface area contributed by atoms with E-state index in [0.717, 1.165) is 4.57 Å². The van der Waals surface area contributed by atoms with E-state index in [4.69, 9.17) is 11.6 Å². The Kier molecular flexibility index (Phi) is 2.84. The first-order valence-corrected chi connectivity index (χ1v) is 6.19. The van der Waals surface area contributed by atoms with E-state index in [1.807, 2.05) is 0 Å². The van der Waals surface area contributed by atoms with Crippen LogP contribution in [0.5, 0.6) is 5.75 Å². The number of hydrogen-bond acceptors (Lipinski definition) is 3. The van der Waals surface area contributed by atoms with Crippen LogP contribution in [0.4, 0.5) is 0 Å². The number of H-pyrrole nitrogens is 1. The monoisotopic (exact) mass is 288 g/mol. The van der Waals surface area contributed by atoms with Gasteiger partial charge in [-0.2, -0.15) is 0 Å². The number of aromatic hydroxyl groups is 1. The summed E-state index contributed by atoms with van der Waals surface area (Å²) in [4.78, 5) is 26.9. The molecule has 1 aromatic heterocycles. The fraction of sp³-hybridized carbons (Fsp3) is 0. The minimum absolute atomic E-state index is 0.132. The minimum Gasteiger partial charge on any atom is -0.506 e. The molecule has 0 atom stereocenters. The summed E-state index contributed by atoms with van der Waals surface area (Å²) in [5.74, 6) is -0.139. The van der Waals surface area contributed by atoms with Crippen molar-refractivity contribution in [2.24, 2.45) is 0 Å². The Morgan fingerprint density at radius 2 is 1.75 bits per heavy atom. The molecule has 0 aliphatic carbocycles. The molecule has 20 heavy (non-hydrogen) atoms. The molecule has 1 heterocycles. The summed E-state index contributed by atoms with van der Waals surface area (Å²) < 4.78 is 0.998. The molecular formula is C14H9ClN2O3. The molecule has 0 bridgehead atoms. The zero-order valence-electron chi connectivity index (χ0n) is 10.1. The highest BCUT2D eigenvalue weighted by Gasteiger charge is 2.11. The van der Waals surface area contributed by atoms with Gasteiger partial charge < -0.3 is 10.1 Å². The zero-order chi connectivity index (χ0) is 14.3. The van der Waals surface area contributed by atoms with E-state index in [2.05, 4.69) is 4.98 Å². The molecule has 3 rings (SSSR count). The molecule has 2 aromatic carbocycles. The molecule has 0 radical (unpaired) electrons. The van der Waals surface area contributed by atoms with Gasteiger partial charge in [-0.25, -0.2) is 9.36 Å². The fourth-order valence-electron chi connectivity index (χ4n) is 2.05. The Labute approximate surface area is 117 Å². The van der Waals surface area contributed by atoms with E-state index in [1.165, 1.54) is 6.07 Å². The highest BCUT2D eigenvalue weighted by molar-refractivity contribution is 6.30. The number of phenols is 1. The fourth-order valence-corrected chi connectivity index (χ4v) is 2.18. The number of benzene rings is 2. The average Bonchev–Trinajstić information content (AvgIpc) is 2.42. The van der Waals surface area contributed by atoms with Crippen LogP contribution in [-0.2, 0) is 0 Å². The van der Waals surface area contributed by atoms with Crippen molar-refractivity contribution in [3.63, 3.8) is 0 Å². The Morgan fingerprint density at radius 3 is 2.45 bits per heavy atom. The summed E-state index contributed by atoms with van der Waals surface area (Å²) in [6, 6.07) is 10.8. The number of rotatable bonds is 1. The van der Waals surface area contributed by atoms with Crippen molar-refractivity contribution in [1.29, 1.82) is 0 Å². The van der Waals surface area contributed by atoms with Crippen molar-refractivity contribution in [2.75, 3.05) is 0 Å². The molecule has 0 aliphatic heterocycles. The van der Waals surface area contributed by atoms with Crippen molar-refractivity contribution in [2.45, 2.75) is 0 Å². The molecule has 0 saturated carbocycles. The smallest absolute Gasteiger partial charge is 0.333 e. The second-order valence-electron chi connectivity index (χ2n) is 4.25. The summed E-state index contributed by atoms with van der Waals surface area (Å²) in [7, 11) is 0. The van der Waals surface area contributed by atoms with Crippen LogP contribution in [0.1, 0.15) is 0 Å². The van der Waals surface area contributed by atoms with Gasteiger partial charge in [0.25, 0.3) is 5.56 Å². The summed E-state index contributed by atoms with van der Waals surface area (Å²) in [6.45, 7) is 0. The molecule has 0 aliphatic rings. The molecule has 0 fully saturated rings. The van der Waals surface area contributed by atoms with Crippen molar-refractivity contribution in [3.05, 3.63) is 68.3 Å². The molecule has 0 spiro atoms. The molecule has 0 saturated heterocycles. The number of aromatic nitrogens is 2. The molecule has 2 N–H and O–H groups in total. The third-order valence-corrected chi connectivity index (χ3v) is 3.25. The summed E-state index contributed by atoms with van der Waals surface area (Å²) in [6.07, 6.45) is 0. The van der Waals surface area contributed by atoms with Crippen molar-refractivity contribution >= 4 is 22.5 Å². The number of aromatic amines is 1. The lowest BCUT2D eigenvalue weighted by atomic mass is 10.2. The van der Waals surface area contributed by atoms with E-state index in [-0.39, 0.29) is 16.7 Å². The van der Waals surface area contributed by atoms with Crippen LogP contribution < -0.4 is 11.2 Å². The molecule has 100 valence electrons. The van der Waals surface area contributed by atoms with Crippen LogP contribution in [0.25, 0.3) is 16.6 Å². The number of phenolic OH excluding ortho intramolecular Hbond substituents is 1. The lowest BCUT2D eigenvalue weighted by molar-refractivity contribution is 0.480. The van der Waals surface area contributed by atoms with Gasteiger partial charge in [-0.3, -0.25) is 4.79 Å². The van der Waals surface area contributed by atoms with Crippen LogP contribution in [0.3, 0.4) is 0 Å². The topological polar surface area (TPSA) is 75.1 Å². The second kappa shape index (κ2) is 4.54. The predicted octanol–water partition coefficient (Wildman–Crippen LogP) is 2.04. The van der Waals surface area contributed by atoms with Gasteiger partial charge in [-0.05, 0) is 36.4 Å². The van der Waals surface area contributed by atoms with Gasteiger partial charge in [0.15, 0.2) is 0 Å². The Morgan fingerprint density at radius 1 is 1.05 bits per heavy atom. The maximum absolute atomic E-state index is 12.4. The van der Waals surface area contributed by atoms with Crippen LogP contribution >= 0.6 is 11.6 Å². The SMILES string of the molecule is O=c1[nH]c2c(O)cccc2c(=O)n1-c1ccc(Cl)cc1. The van der Waals surface area contributed by atoms with Crippen LogP contribution in [0.15, 0.2) is 52.1 Å². The number of hydrogen-bond donors (Lipinski definition) is 2. The van der Waals surface area contributed by atoms with Gasteiger partial charge in [0, 0.05) is 5.02 Å². The van der Waals surface area contributed by atoms with Crippen molar-refractivity contribution in [3.8, 4) is 11.4 Å². The molecule has 0 amide bonds. The lowest BCUT2D eigenvalue weighted by Gasteiger charge is -2.07. The predicted molar refractivity (Wildman–Crippen MR) is 76.8 cm³/mol. The maximum atomic E-state index is 12.4. The van der Waals surface area contributed by atoms with Crippen molar-refractivity contribution in [1.82, 2.24) is 9.55 Å². The number of fused-ring (bicyclic) bond motifs is 1. The normalized spacial score (nSPS) is 10.8. The second-order valence-corrected chi connectivity index (χ2v) is 4.68. The summed E-state index contributed by atoms with van der Waals surface area (Å²) in [5.41, 5.74) is -0.577. The van der Waals surface area contributed by atoms with Gasteiger partial charge in [-0.15, -0.1) is 0 Å². The molecule has 5 nitrogen and oxygen atoms in total. The van der Waals surface area contributed by atoms with Crippen molar-refractivity contribution < 1.29 is 5.11 Å². The first-order valence-electron chi connectivity index (χ1n) is 5.81. The third-order valence-electron chi connectivity index (χ3n) is 3.00. The number of nitrogens with one attached hydrogen (secondary N) is 1. The summed E-state index contributed by atoms with van der Waals surface area (Å²) >= 11 is 5.79. The standard InChI is InChI=1S/C14H9ClN2O3/c15-8-4-6-9(7-5-8)17-13(19)10-2-1-3-11(18)12(10)16-14(17)20/h1-7,18H,(H,16,20). The quantitative estimate of drug-likeness (QED) is 0.719. The number of para-hydroxylation sites is 1. The van der Waals surface area contributed by atoms with Gasteiger partial charge in [0.1, 0.15) is 5.75 Å². The molecule has 0 unspecified atom stereocenters. The molecular weight excluding hydrogens is 280 g/mol. The first-order chi connectivity index (χ1) is 9.58. The van der Waals surface area contributed by atoms with Gasteiger partial charge in [0.05, 0.1) is 16.6 Å². The Bertz CT molecular complexity index is 910. The van der Waals surface area contributed by atoms with E-state index in [9.17, 15) is 14.7 Å². The van der Waals surface area contributed by atoms with E-state index >= 15 is 0 Å². The van der Waals surface area contributed by atoms with E-state index in [0.29, 0.717) is 10.7 Å².